The first-order chi connectivity index (χ1) is 14.5. The lowest BCUT2D eigenvalue weighted by atomic mass is 10.0. The lowest BCUT2D eigenvalue weighted by Gasteiger charge is -2.13. The maximum Gasteiger partial charge on any atom is 0.255 e. The standard InChI is InChI=1S/C23H23FN4O2/c24-19-7-1-16(2-8-19)9-14-27-22(29)15-21(25)17-3-5-18(6-4-17)23(30)28-20-10-12-26-13-11-20/h1-8,10-13,21H,9,14-15,25H2,(H,27,29)(H,26,28,30). The van der Waals surface area contributed by atoms with Gasteiger partial charge in [-0.25, -0.2) is 4.39 Å². The molecule has 1 atom stereocenters. The normalized spacial score (nSPS) is 11.5. The van der Waals surface area contributed by atoms with Gasteiger partial charge in [-0.2, -0.15) is 0 Å². The number of benzene rings is 2. The number of amides is 2. The van der Waals surface area contributed by atoms with Crippen molar-refractivity contribution in [2.45, 2.75) is 18.9 Å². The summed E-state index contributed by atoms with van der Waals surface area (Å²) in [5, 5.41) is 5.61. The van der Waals surface area contributed by atoms with Gasteiger partial charge in [-0.3, -0.25) is 14.6 Å². The number of carbonyl (C=O) groups is 2. The number of nitrogens with zero attached hydrogens (tertiary/aromatic N) is 1. The number of carbonyl (C=O) groups excluding carboxylic acids is 2. The van der Waals surface area contributed by atoms with Gasteiger partial charge in [0, 0.05) is 42.7 Å². The minimum atomic E-state index is -0.479. The Balaban J connectivity index is 1.46. The third-order valence-corrected chi connectivity index (χ3v) is 4.59. The van der Waals surface area contributed by atoms with Gasteiger partial charge in [0.25, 0.3) is 5.91 Å². The molecular formula is C23H23FN4O2. The topological polar surface area (TPSA) is 97.1 Å². The zero-order valence-corrected chi connectivity index (χ0v) is 16.3. The smallest absolute Gasteiger partial charge is 0.255 e. The highest BCUT2D eigenvalue weighted by Gasteiger charge is 2.13. The van der Waals surface area contributed by atoms with Crippen molar-refractivity contribution in [1.29, 1.82) is 0 Å². The minimum absolute atomic E-state index is 0.131. The van der Waals surface area contributed by atoms with Crippen molar-refractivity contribution in [2.24, 2.45) is 5.73 Å². The molecule has 2 aromatic carbocycles. The maximum absolute atomic E-state index is 12.9. The monoisotopic (exact) mass is 406 g/mol. The fourth-order valence-electron chi connectivity index (χ4n) is 2.91. The van der Waals surface area contributed by atoms with Crippen LogP contribution in [0.15, 0.2) is 73.1 Å². The molecule has 0 spiro atoms. The van der Waals surface area contributed by atoms with Gasteiger partial charge in [0.05, 0.1) is 0 Å². The van der Waals surface area contributed by atoms with Crippen LogP contribution >= 0.6 is 0 Å². The number of nitrogens with one attached hydrogen (secondary N) is 2. The molecule has 3 aromatic rings. The molecule has 1 unspecified atom stereocenters. The van der Waals surface area contributed by atoms with E-state index in [9.17, 15) is 14.0 Å². The molecule has 2 amide bonds. The molecule has 0 radical (unpaired) electrons. The number of nitrogens with two attached hydrogens (primary N) is 1. The molecule has 0 bridgehead atoms. The molecule has 30 heavy (non-hydrogen) atoms. The summed E-state index contributed by atoms with van der Waals surface area (Å²) in [6.07, 6.45) is 3.94. The molecule has 0 aliphatic carbocycles. The first-order valence-electron chi connectivity index (χ1n) is 9.59. The SMILES string of the molecule is NC(CC(=O)NCCc1ccc(F)cc1)c1ccc(C(=O)Nc2ccncc2)cc1. The van der Waals surface area contributed by atoms with Crippen molar-refractivity contribution in [2.75, 3.05) is 11.9 Å². The van der Waals surface area contributed by atoms with Crippen LogP contribution in [0.4, 0.5) is 10.1 Å². The Kier molecular flexibility index (Phi) is 7.24. The van der Waals surface area contributed by atoms with E-state index in [1.54, 1.807) is 60.9 Å². The summed E-state index contributed by atoms with van der Waals surface area (Å²) < 4.78 is 12.9. The summed E-state index contributed by atoms with van der Waals surface area (Å²) in [7, 11) is 0. The lowest BCUT2D eigenvalue weighted by molar-refractivity contribution is -0.121. The van der Waals surface area contributed by atoms with Gasteiger partial charge in [0.2, 0.25) is 5.91 Å². The molecule has 7 heteroatoms. The Morgan fingerprint density at radius 3 is 2.30 bits per heavy atom. The van der Waals surface area contributed by atoms with E-state index in [2.05, 4.69) is 15.6 Å². The first kappa shape index (κ1) is 21.1. The van der Waals surface area contributed by atoms with Crippen LogP contribution in [0.5, 0.6) is 0 Å². The largest absolute Gasteiger partial charge is 0.356 e. The summed E-state index contributed by atoms with van der Waals surface area (Å²) in [5.74, 6) is -0.682. The Labute approximate surface area is 174 Å². The number of rotatable bonds is 8. The van der Waals surface area contributed by atoms with E-state index in [1.165, 1.54) is 12.1 Å². The molecule has 0 saturated carbocycles. The zero-order chi connectivity index (χ0) is 21.3. The van der Waals surface area contributed by atoms with Crippen LogP contribution in [0.1, 0.15) is 33.9 Å². The fourth-order valence-corrected chi connectivity index (χ4v) is 2.91. The van der Waals surface area contributed by atoms with Gasteiger partial charge >= 0.3 is 0 Å². The van der Waals surface area contributed by atoms with E-state index < -0.39 is 6.04 Å². The van der Waals surface area contributed by atoms with Crippen LogP contribution in [-0.2, 0) is 11.2 Å². The highest BCUT2D eigenvalue weighted by atomic mass is 19.1. The Morgan fingerprint density at radius 2 is 1.63 bits per heavy atom. The van der Waals surface area contributed by atoms with Crippen molar-refractivity contribution in [3.63, 3.8) is 0 Å². The maximum atomic E-state index is 12.9. The fraction of sp³-hybridized carbons (Fsp3) is 0.174. The number of anilines is 1. The van der Waals surface area contributed by atoms with Crippen molar-refractivity contribution >= 4 is 17.5 Å². The minimum Gasteiger partial charge on any atom is -0.356 e. The van der Waals surface area contributed by atoms with Gasteiger partial charge in [-0.1, -0.05) is 24.3 Å². The number of hydrogen-bond donors (Lipinski definition) is 3. The van der Waals surface area contributed by atoms with Crippen molar-refractivity contribution in [1.82, 2.24) is 10.3 Å². The van der Waals surface area contributed by atoms with Crippen molar-refractivity contribution in [3.05, 3.63) is 95.6 Å². The highest BCUT2D eigenvalue weighted by Crippen LogP contribution is 2.16. The summed E-state index contributed by atoms with van der Waals surface area (Å²) in [6, 6.07) is 16.0. The Morgan fingerprint density at radius 1 is 0.967 bits per heavy atom. The summed E-state index contributed by atoms with van der Waals surface area (Å²) in [6.45, 7) is 0.450. The molecule has 1 heterocycles. The quantitative estimate of drug-likeness (QED) is 0.535. The lowest BCUT2D eigenvalue weighted by Crippen LogP contribution is -2.29. The molecule has 6 nitrogen and oxygen atoms in total. The van der Waals surface area contributed by atoms with Crippen LogP contribution in [0.2, 0.25) is 0 Å². The predicted octanol–water partition coefficient (Wildman–Crippen LogP) is 3.22. The second-order valence-corrected chi connectivity index (χ2v) is 6.85. The highest BCUT2D eigenvalue weighted by molar-refractivity contribution is 6.04. The first-order valence-corrected chi connectivity index (χ1v) is 9.59. The van der Waals surface area contributed by atoms with E-state index in [0.717, 1.165) is 11.1 Å². The van der Waals surface area contributed by atoms with E-state index >= 15 is 0 Å². The van der Waals surface area contributed by atoms with E-state index in [4.69, 9.17) is 5.73 Å². The van der Waals surface area contributed by atoms with Crippen LogP contribution < -0.4 is 16.4 Å². The summed E-state index contributed by atoms with van der Waals surface area (Å²) in [4.78, 5) is 28.3. The summed E-state index contributed by atoms with van der Waals surface area (Å²) in [5.41, 5.74) is 9.00. The van der Waals surface area contributed by atoms with Crippen LogP contribution in [0, 0.1) is 5.82 Å². The molecule has 0 aliphatic heterocycles. The second-order valence-electron chi connectivity index (χ2n) is 6.85. The van der Waals surface area contributed by atoms with E-state index in [1.807, 2.05) is 0 Å². The number of halogens is 1. The van der Waals surface area contributed by atoms with Crippen LogP contribution in [0.25, 0.3) is 0 Å². The molecule has 0 fully saturated rings. The molecule has 0 aliphatic rings. The number of hydrogen-bond acceptors (Lipinski definition) is 4. The second kappa shape index (κ2) is 10.3. The molecule has 3 rings (SSSR count). The van der Waals surface area contributed by atoms with Gasteiger partial charge in [-0.05, 0) is 53.9 Å². The number of pyridine rings is 1. The summed E-state index contributed by atoms with van der Waals surface area (Å²) >= 11 is 0. The van der Waals surface area contributed by atoms with E-state index in [0.29, 0.717) is 24.2 Å². The van der Waals surface area contributed by atoms with Crippen molar-refractivity contribution in [3.8, 4) is 0 Å². The average Bonchev–Trinajstić information content (AvgIpc) is 2.76. The van der Waals surface area contributed by atoms with Crippen LogP contribution in [0.3, 0.4) is 0 Å². The average molecular weight is 406 g/mol. The van der Waals surface area contributed by atoms with Gasteiger partial charge < -0.3 is 16.4 Å². The molecule has 1 aromatic heterocycles. The molecule has 4 N–H and O–H groups in total. The van der Waals surface area contributed by atoms with Gasteiger partial charge in [0.1, 0.15) is 5.82 Å². The predicted molar refractivity (Wildman–Crippen MR) is 113 cm³/mol. The third kappa shape index (κ3) is 6.22. The molecular weight excluding hydrogens is 383 g/mol. The third-order valence-electron chi connectivity index (χ3n) is 4.59. The molecule has 154 valence electrons. The van der Waals surface area contributed by atoms with E-state index in [-0.39, 0.29) is 24.1 Å². The number of aromatic nitrogens is 1. The Bertz CT molecular complexity index is 976. The van der Waals surface area contributed by atoms with Gasteiger partial charge in [0.15, 0.2) is 0 Å². The van der Waals surface area contributed by atoms with Crippen molar-refractivity contribution < 1.29 is 14.0 Å². The van der Waals surface area contributed by atoms with Crippen LogP contribution in [-0.4, -0.2) is 23.3 Å². The Hall–Kier alpha value is -3.58. The van der Waals surface area contributed by atoms with Gasteiger partial charge in [-0.15, -0.1) is 0 Å². The zero-order valence-electron chi connectivity index (χ0n) is 16.3. The molecule has 0 saturated heterocycles.